The number of hydrogen-bond donors (Lipinski definition) is 1. The van der Waals surface area contributed by atoms with Crippen molar-refractivity contribution in [1.29, 1.82) is 0 Å². The van der Waals surface area contributed by atoms with Crippen LogP contribution in [0.4, 0.5) is 20.4 Å². The van der Waals surface area contributed by atoms with E-state index in [1.54, 1.807) is 23.5 Å². The minimum atomic E-state index is -0.969. The van der Waals surface area contributed by atoms with Gasteiger partial charge in [0.05, 0.1) is 21.8 Å². The summed E-state index contributed by atoms with van der Waals surface area (Å²) in [5, 5.41) is 4.52. The Kier molecular flexibility index (Phi) is 5.15. The lowest BCUT2D eigenvalue weighted by atomic mass is 10.2. The van der Waals surface area contributed by atoms with Gasteiger partial charge in [-0.25, -0.2) is 9.37 Å². The fourth-order valence-electron chi connectivity index (χ4n) is 3.00. The minimum Gasteiger partial charge on any atom is -0.325 e. The zero-order valence-electron chi connectivity index (χ0n) is 15.7. The van der Waals surface area contributed by atoms with Crippen LogP contribution in [0.2, 0.25) is 0 Å². The van der Waals surface area contributed by atoms with Crippen LogP contribution >= 0.6 is 20.6 Å². The molecule has 5 nitrogen and oxygen atoms in total. The van der Waals surface area contributed by atoms with E-state index in [1.165, 1.54) is 10.6 Å². The molecule has 0 amide bonds. The highest BCUT2D eigenvalue weighted by Crippen LogP contribution is 2.29. The quantitative estimate of drug-likeness (QED) is 0.497. The number of thiazole rings is 1. The third kappa shape index (κ3) is 4.04. The van der Waals surface area contributed by atoms with Crippen molar-refractivity contribution in [3.8, 4) is 0 Å². The number of halogens is 2. The van der Waals surface area contributed by atoms with Gasteiger partial charge in [-0.2, -0.15) is 9.37 Å². The molecule has 148 valence electrons. The number of benzene rings is 2. The van der Waals surface area contributed by atoms with E-state index in [2.05, 4.69) is 24.5 Å². The molecule has 0 bridgehead atoms. The van der Waals surface area contributed by atoms with Gasteiger partial charge in [-0.15, -0.1) is 20.6 Å². The van der Waals surface area contributed by atoms with Crippen molar-refractivity contribution in [2.24, 2.45) is 0 Å². The van der Waals surface area contributed by atoms with Crippen molar-refractivity contribution < 1.29 is 8.78 Å². The van der Waals surface area contributed by atoms with Crippen molar-refractivity contribution in [2.75, 3.05) is 5.32 Å². The average molecular weight is 430 g/mol. The standard InChI is InChI=1S/C20H17F2N4OPS/c1-10-5-16-18(29-11(2)23-16)7-15(10)24-20-25-19(27)14(22)9-26(20)8-12-3-4-17(28)13(21)6-12/h3-7,9H,8,28H2,1-2H3,(H,24,25,27). The molecular weight excluding hydrogens is 413 g/mol. The van der Waals surface area contributed by atoms with Gasteiger partial charge in [0, 0.05) is 17.2 Å². The average Bonchev–Trinajstić information content (AvgIpc) is 3.01. The Hall–Kier alpha value is -2.70. The Morgan fingerprint density at radius 3 is 2.69 bits per heavy atom. The number of nitrogens with one attached hydrogen (secondary N) is 1. The third-order valence-electron chi connectivity index (χ3n) is 4.46. The zero-order valence-corrected chi connectivity index (χ0v) is 17.6. The highest BCUT2D eigenvalue weighted by atomic mass is 32.1. The van der Waals surface area contributed by atoms with Crippen LogP contribution in [0.15, 0.2) is 41.3 Å². The summed E-state index contributed by atoms with van der Waals surface area (Å²) in [5.41, 5.74) is 2.20. The number of aryl methyl sites for hydroxylation is 2. The summed E-state index contributed by atoms with van der Waals surface area (Å²) >= 11 is 1.56. The van der Waals surface area contributed by atoms with Gasteiger partial charge in [0.2, 0.25) is 11.8 Å². The highest BCUT2D eigenvalue weighted by Gasteiger charge is 2.13. The summed E-state index contributed by atoms with van der Waals surface area (Å²) in [5.74, 6) is -1.17. The predicted octanol–water partition coefficient (Wildman–Crippen LogP) is 4.04. The van der Waals surface area contributed by atoms with Crippen molar-refractivity contribution in [1.82, 2.24) is 14.5 Å². The van der Waals surface area contributed by atoms with Crippen LogP contribution in [-0.2, 0) is 6.54 Å². The summed E-state index contributed by atoms with van der Waals surface area (Å²) in [6.07, 6.45) is 1.08. The first kappa shape index (κ1) is 19.6. The van der Waals surface area contributed by atoms with E-state index in [-0.39, 0.29) is 18.3 Å². The van der Waals surface area contributed by atoms with E-state index in [0.29, 0.717) is 10.9 Å². The Balaban J connectivity index is 1.75. The summed E-state index contributed by atoms with van der Waals surface area (Å²) in [6.45, 7) is 4.00. The number of hydrogen-bond acceptors (Lipinski definition) is 5. The first-order valence-corrected chi connectivity index (χ1v) is 10.2. The van der Waals surface area contributed by atoms with Crippen LogP contribution in [-0.4, -0.2) is 14.5 Å². The fraction of sp³-hybridized carbons (Fsp3) is 0.150. The van der Waals surface area contributed by atoms with Crippen molar-refractivity contribution in [3.05, 3.63) is 74.7 Å². The van der Waals surface area contributed by atoms with Gasteiger partial charge in [0.1, 0.15) is 5.82 Å². The maximum absolute atomic E-state index is 13.9. The lowest BCUT2D eigenvalue weighted by Gasteiger charge is -2.15. The Labute approximate surface area is 171 Å². The molecule has 0 saturated heterocycles. The molecular formula is C20H17F2N4OPS. The second-order valence-corrected chi connectivity index (χ2v) is 8.55. The van der Waals surface area contributed by atoms with Gasteiger partial charge in [-0.05, 0) is 43.2 Å². The summed E-state index contributed by atoms with van der Waals surface area (Å²) in [6, 6.07) is 8.61. The van der Waals surface area contributed by atoms with E-state index in [1.807, 2.05) is 26.0 Å². The number of nitrogens with zero attached hydrogens (tertiary/aromatic N) is 3. The van der Waals surface area contributed by atoms with Gasteiger partial charge in [-0.1, -0.05) is 12.1 Å². The van der Waals surface area contributed by atoms with Gasteiger partial charge in [-0.3, -0.25) is 4.79 Å². The lowest BCUT2D eigenvalue weighted by molar-refractivity contribution is 0.578. The molecule has 1 N–H and O–H groups in total. The Morgan fingerprint density at radius 1 is 1.14 bits per heavy atom. The van der Waals surface area contributed by atoms with Gasteiger partial charge in [0.15, 0.2) is 0 Å². The van der Waals surface area contributed by atoms with Crippen LogP contribution in [0.5, 0.6) is 0 Å². The molecule has 2 aromatic heterocycles. The first-order chi connectivity index (χ1) is 13.8. The molecule has 4 aromatic rings. The molecule has 4 rings (SSSR count). The maximum Gasteiger partial charge on any atom is 0.310 e. The van der Waals surface area contributed by atoms with E-state index in [4.69, 9.17) is 0 Å². The fourth-order valence-corrected chi connectivity index (χ4v) is 4.03. The molecule has 2 heterocycles. The number of rotatable bonds is 4. The van der Waals surface area contributed by atoms with Crippen LogP contribution < -0.4 is 16.2 Å². The van der Waals surface area contributed by atoms with Gasteiger partial charge in [0.25, 0.3) is 0 Å². The van der Waals surface area contributed by atoms with E-state index >= 15 is 0 Å². The monoisotopic (exact) mass is 430 g/mol. The molecule has 0 aliphatic heterocycles. The van der Waals surface area contributed by atoms with Gasteiger partial charge >= 0.3 is 5.56 Å². The Morgan fingerprint density at radius 2 is 1.93 bits per heavy atom. The molecule has 29 heavy (non-hydrogen) atoms. The summed E-state index contributed by atoms with van der Waals surface area (Å²) < 4.78 is 30.3. The second kappa shape index (κ2) is 7.61. The number of anilines is 2. The lowest BCUT2D eigenvalue weighted by Crippen LogP contribution is -2.20. The number of aromatic nitrogens is 3. The van der Waals surface area contributed by atoms with Crippen molar-refractivity contribution >= 4 is 47.7 Å². The topological polar surface area (TPSA) is 59.8 Å². The Bertz CT molecular complexity index is 1300. The smallest absolute Gasteiger partial charge is 0.310 e. The van der Waals surface area contributed by atoms with E-state index in [0.717, 1.165) is 32.7 Å². The summed E-state index contributed by atoms with van der Waals surface area (Å²) in [4.78, 5) is 20.1. The first-order valence-electron chi connectivity index (χ1n) is 8.76. The maximum atomic E-state index is 13.9. The zero-order chi connectivity index (χ0) is 20.7. The van der Waals surface area contributed by atoms with Crippen LogP contribution in [0.25, 0.3) is 10.2 Å². The SMILES string of the molecule is Cc1nc2cc(C)c(Nc3nc(=O)c(F)cn3Cc3ccc(P)c(F)c3)cc2s1. The third-order valence-corrected chi connectivity index (χ3v) is 5.86. The molecule has 0 fully saturated rings. The van der Waals surface area contributed by atoms with Gasteiger partial charge < -0.3 is 9.88 Å². The van der Waals surface area contributed by atoms with Crippen molar-refractivity contribution in [2.45, 2.75) is 20.4 Å². The number of fused-ring (bicyclic) bond motifs is 1. The molecule has 0 spiro atoms. The highest BCUT2D eigenvalue weighted by molar-refractivity contribution is 7.27. The van der Waals surface area contributed by atoms with Crippen LogP contribution in [0, 0.1) is 25.5 Å². The van der Waals surface area contributed by atoms with E-state index in [9.17, 15) is 13.6 Å². The second-order valence-electron chi connectivity index (χ2n) is 6.69. The largest absolute Gasteiger partial charge is 0.325 e. The van der Waals surface area contributed by atoms with E-state index < -0.39 is 11.4 Å². The summed E-state index contributed by atoms with van der Waals surface area (Å²) in [7, 11) is 2.31. The van der Waals surface area contributed by atoms with Crippen LogP contribution in [0.1, 0.15) is 16.1 Å². The molecule has 0 aliphatic rings. The molecule has 0 radical (unpaired) electrons. The molecule has 1 unspecified atom stereocenters. The predicted molar refractivity (Wildman–Crippen MR) is 116 cm³/mol. The van der Waals surface area contributed by atoms with Crippen molar-refractivity contribution in [3.63, 3.8) is 0 Å². The molecule has 0 saturated carbocycles. The molecule has 0 aliphatic carbocycles. The normalized spacial score (nSPS) is 11.2. The molecule has 2 aromatic carbocycles. The molecule has 9 heteroatoms. The van der Waals surface area contributed by atoms with Crippen LogP contribution in [0.3, 0.4) is 0 Å². The molecule has 1 atom stereocenters. The minimum absolute atomic E-state index is 0.148.